The van der Waals surface area contributed by atoms with Gasteiger partial charge in [-0.15, -0.1) is 0 Å². The van der Waals surface area contributed by atoms with Gasteiger partial charge >= 0.3 is 0 Å². The second-order valence-electron chi connectivity index (χ2n) is 11.4. The first-order chi connectivity index (χ1) is 17.6. The van der Waals surface area contributed by atoms with Gasteiger partial charge in [0, 0.05) is 0 Å². The van der Waals surface area contributed by atoms with Gasteiger partial charge in [-0.05, 0) is 84.2 Å². The summed E-state index contributed by atoms with van der Waals surface area (Å²) in [4.78, 5) is 0. The van der Waals surface area contributed by atoms with Crippen LogP contribution in [0.25, 0.3) is 0 Å². The molecular weight excluding hydrogens is 432 g/mol. The van der Waals surface area contributed by atoms with Gasteiger partial charge in [-0.3, -0.25) is 0 Å². The quantitative estimate of drug-likeness (QED) is 0.162. The average Bonchev–Trinajstić information content (AvgIpc) is 2.88. The third-order valence-electron chi connectivity index (χ3n) is 7.95. The molecule has 0 amide bonds. The second kappa shape index (κ2) is 18.6. The van der Waals surface area contributed by atoms with Crippen molar-refractivity contribution >= 4 is 0 Å². The topological polar surface area (TPSA) is 0 Å². The normalized spacial score (nSPS) is 12.2. The van der Waals surface area contributed by atoms with Crippen LogP contribution in [-0.4, -0.2) is 0 Å². The van der Waals surface area contributed by atoms with Crippen LogP contribution in [0, 0.1) is 5.92 Å². The molecule has 0 aromatic heterocycles. The molecule has 0 N–H and O–H groups in total. The summed E-state index contributed by atoms with van der Waals surface area (Å²) in [7, 11) is 0. The molecule has 0 aliphatic heterocycles. The molecule has 0 nitrogen and oxygen atoms in total. The molecule has 0 aliphatic carbocycles. The molecule has 0 heteroatoms. The van der Waals surface area contributed by atoms with E-state index < -0.39 is 0 Å². The number of aryl methyl sites for hydroxylation is 5. The molecule has 1 atom stereocenters. The third kappa shape index (κ3) is 11.2. The van der Waals surface area contributed by atoms with Crippen molar-refractivity contribution in [2.24, 2.45) is 5.92 Å². The average molecular weight is 491 g/mol. The lowest BCUT2D eigenvalue weighted by Crippen LogP contribution is -2.08. The minimum atomic E-state index is 0.799. The molecule has 2 aromatic rings. The van der Waals surface area contributed by atoms with Gasteiger partial charge in [-0.1, -0.05) is 142 Å². The fourth-order valence-electron chi connectivity index (χ4n) is 5.94. The first kappa shape index (κ1) is 30.7. The Bertz CT molecular complexity index is 830. The summed E-state index contributed by atoms with van der Waals surface area (Å²) in [5.74, 6) is 0.799. The second-order valence-corrected chi connectivity index (χ2v) is 11.4. The van der Waals surface area contributed by atoms with Gasteiger partial charge in [0.2, 0.25) is 0 Å². The van der Waals surface area contributed by atoms with Crippen molar-refractivity contribution in [3.05, 3.63) is 69.8 Å². The molecule has 0 bridgehead atoms. The van der Waals surface area contributed by atoms with Gasteiger partial charge in [0.05, 0.1) is 0 Å². The summed E-state index contributed by atoms with van der Waals surface area (Å²) in [6.07, 6.45) is 23.5. The van der Waals surface area contributed by atoms with Crippen molar-refractivity contribution in [1.82, 2.24) is 0 Å². The fourth-order valence-corrected chi connectivity index (χ4v) is 5.94. The summed E-state index contributed by atoms with van der Waals surface area (Å²) in [6.45, 7) is 11.6. The van der Waals surface area contributed by atoms with Gasteiger partial charge in [-0.25, -0.2) is 0 Å². The van der Waals surface area contributed by atoms with E-state index in [0.29, 0.717) is 0 Å². The zero-order chi connectivity index (χ0) is 26.0. The lowest BCUT2D eigenvalue weighted by molar-refractivity contribution is 0.421. The predicted octanol–water partition coefficient (Wildman–Crippen LogP) is 11.0. The Morgan fingerprint density at radius 2 is 0.944 bits per heavy atom. The van der Waals surface area contributed by atoms with Crippen LogP contribution >= 0.6 is 0 Å². The smallest absolute Gasteiger partial charge is 0.0250 e. The fraction of sp³-hybridized carbons (Fsp3) is 0.667. The van der Waals surface area contributed by atoms with Crippen LogP contribution in [0.2, 0.25) is 0 Å². The number of benzene rings is 2. The lowest BCUT2D eigenvalue weighted by Gasteiger charge is -2.19. The van der Waals surface area contributed by atoms with Crippen LogP contribution in [0.3, 0.4) is 0 Å². The van der Waals surface area contributed by atoms with E-state index in [-0.39, 0.29) is 0 Å². The van der Waals surface area contributed by atoms with Gasteiger partial charge in [0.15, 0.2) is 0 Å². The maximum Gasteiger partial charge on any atom is -0.0250 e. The molecule has 0 spiro atoms. The molecule has 0 heterocycles. The van der Waals surface area contributed by atoms with E-state index in [2.05, 4.69) is 71.0 Å². The summed E-state index contributed by atoms with van der Waals surface area (Å²) >= 11 is 0. The first-order valence-corrected chi connectivity index (χ1v) is 15.9. The number of unbranched alkanes of at least 4 members (excludes halogenated alkanes) is 5. The zero-order valence-electron chi connectivity index (χ0n) is 24.8. The molecular formula is C36H58. The van der Waals surface area contributed by atoms with E-state index >= 15 is 0 Å². The third-order valence-corrected chi connectivity index (χ3v) is 7.95. The Morgan fingerprint density at radius 1 is 0.444 bits per heavy atom. The highest BCUT2D eigenvalue weighted by Gasteiger charge is 2.13. The van der Waals surface area contributed by atoms with Gasteiger partial charge < -0.3 is 0 Å². The Hall–Kier alpha value is -1.56. The van der Waals surface area contributed by atoms with Crippen molar-refractivity contribution < 1.29 is 0 Å². The SMILES string of the molecule is CCCCCCCCC(CCc1ccc(CCC)c(CCC)c1)Cc1ccc(CCC)c(CCC)c1. The Kier molecular flexibility index (Phi) is 15.9. The Balaban J connectivity index is 2.09. The number of hydrogen-bond donors (Lipinski definition) is 0. The van der Waals surface area contributed by atoms with E-state index in [0.717, 1.165) is 5.92 Å². The van der Waals surface area contributed by atoms with Crippen molar-refractivity contribution in [2.75, 3.05) is 0 Å². The monoisotopic (exact) mass is 490 g/mol. The van der Waals surface area contributed by atoms with E-state index in [1.165, 1.54) is 116 Å². The summed E-state index contributed by atoms with van der Waals surface area (Å²) in [5.41, 5.74) is 9.55. The molecule has 0 fully saturated rings. The van der Waals surface area contributed by atoms with Crippen LogP contribution in [0.4, 0.5) is 0 Å². The van der Waals surface area contributed by atoms with Gasteiger partial charge in [0.25, 0.3) is 0 Å². The minimum Gasteiger partial charge on any atom is -0.0654 e. The Morgan fingerprint density at radius 3 is 1.53 bits per heavy atom. The molecule has 1 unspecified atom stereocenters. The van der Waals surface area contributed by atoms with Gasteiger partial charge in [-0.2, -0.15) is 0 Å². The van der Waals surface area contributed by atoms with E-state index in [4.69, 9.17) is 0 Å². The standard InChI is InChI=1S/C36H58/c1-6-11-12-13-14-15-20-30(27-32-24-26-34(17-8-3)36(29-32)19-10-5)21-22-31-23-25-33(16-7-2)35(28-31)18-9-4/h23-26,28-30H,6-22,27H2,1-5H3. The molecule has 0 saturated heterocycles. The van der Waals surface area contributed by atoms with Crippen LogP contribution < -0.4 is 0 Å². The largest absolute Gasteiger partial charge is 0.0654 e. The van der Waals surface area contributed by atoms with Crippen molar-refractivity contribution in [3.63, 3.8) is 0 Å². The number of rotatable bonds is 20. The van der Waals surface area contributed by atoms with Crippen molar-refractivity contribution in [2.45, 2.75) is 150 Å². The van der Waals surface area contributed by atoms with Crippen LogP contribution in [0.1, 0.15) is 145 Å². The Labute approximate surface area is 225 Å². The lowest BCUT2D eigenvalue weighted by atomic mass is 9.86. The molecule has 0 saturated carbocycles. The predicted molar refractivity (Wildman–Crippen MR) is 162 cm³/mol. The molecule has 0 radical (unpaired) electrons. The zero-order valence-corrected chi connectivity index (χ0v) is 24.8. The van der Waals surface area contributed by atoms with Crippen LogP contribution in [0.15, 0.2) is 36.4 Å². The highest BCUT2D eigenvalue weighted by atomic mass is 14.2. The highest BCUT2D eigenvalue weighted by Crippen LogP contribution is 2.26. The van der Waals surface area contributed by atoms with Crippen molar-refractivity contribution in [1.29, 1.82) is 0 Å². The summed E-state index contributed by atoms with van der Waals surface area (Å²) in [5, 5.41) is 0. The maximum atomic E-state index is 2.57. The summed E-state index contributed by atoms with van der Waals surface area (Å²) in [6, 6.07) is 14.9. The van der Waals surface area contributed by atoms with E-state index in [1.54, 1.807) is 33.4 Å². The van der Waals surface area contributed by atoms with Crippen LogP contribution in [0.5, 0.6) is 0 Å². The minimum absolute atomic E-state index is 0.799. The van der Waals surface area contributed by atoms with E-state index in [1.807, 2.05) is 0 Å². The molecule has 2 rings (SSSR count). The van der Waals surface area contributed by atoms with Crippen LogP contribution in [-0.2, 0) is 38.5 Å². The summed E-state index contributed by atoms with van der Waals surface area (Å²) < 4.78 is 0. The van der Waals surface area contributed by atoms with Crippen molar-refractivity contribution in [3.8, 4) is 0 Å². The molecule has 0 aliphatic rings. The van der Waals surface area contributed by atoms with E-state index in [9.17, 15) is 0 Å². The molecule has 36 heavy (non-hydrogen) atoms. The maximum absolute atomic E-state index is 2.57. The van der Waals surface area contributed by atoms with Gasteiger partial charge in [0.1, 0.15) is 0 Å². The number of hydrogen-bond acceptors (Lipinski definition) is 0. The highest BCUT2D eigenvalue weighted by molar-refractivity contribution is 5.34. The molecule has 2 aromatic carbocycles. The first-order valence-electron chi connectivity index (χ1n) is 15.9. The molecule has 202 valence electrons.